The second-order valence-electron chi connectivity index (χ2n) is 20.1. The van der Waals surface area contributed by atoms with Crippen molar-refractivity contribution in [2.45, 2.75) is 112 Å². The highest BCUT2D eigenvalue weighted by Gasteiger charge is 2.71. The molecule has 10 heteroatoms. The zero-order valence-corrected chi connectivity index (χ0v) is 36.1. The number of aryl methyl sites for hydroxylation is 1. The number of phenolic OH excluding ortho intramolecular Hbond substituents is 2. The molecule has 0 unspecified atom stereocenters. The number of carboxylic acids is 1. The third kappa shape index (κ3) is 6.12. The maximum absolute atomic E-state index is 16.2. The number of Topliss-reactive ketones (excluding diaryl/α,β-unsaturated/α-hetero) is 2. The number of hydrogen-bond acceptors (Lipinski definition) is 9. The molecule has 0 amide bonds. The van der Waals surface area contributed by atoms with Crippen molar-refractivity contribution in [1.82, 2.24) is 0 Å². The summed E-state index contributed by atoms with van der Waals surface area (Å²) in [6, 6.07) is 2.31. The van der Waals surface area contributed by atoms with Crippen LogP contribution in [0, 0.1) is 64.6 Å². The molecular formula is C50H60O10. The van der Waals surface area contributed by atoms with Crippen LogP contribution in [0.4, 0.5) is 0 Å². The van der Waals surface area contributed by atoms with Crippen LogP contribution in [0.15, 0.2) is 82.2 Å². The summed E-state index contributed by atoms with van der Waals surface area (Å²) in [6.07, 6.45) is 15.4. The number of ketones is 2. The second kappa shape index (κ2) is 14.5. The number of hydrogen-bond donors (Lipinski definition) is 4. The van der Waals surface area contributed by atoms with Gasteiger partial charge in [0, 0.05) is 23.6 Å². The molecule has 0 radical (unpaired) electrons. The molecule has 2 fully saturated rings. The van der Waals surface area contributed by atoms with Crippen molar-refractivity contribution in [1.29, 1.82) is 0 Å². The average molecular weight is 821 g/mol. The minimum Gasteiger partial charge on any atom is -0.508 e. The Bertz CT molecular complexity index is 2250. The van der Waals surface area contributed by atoms with E-state index in [0.29, 0.717) is 36.7 Å². The summed E-state index contributed by atoms with van der Waals surface area (Å²) in [7, 11) is 0. The van der Waals surface area contributed by atoms with Crippen LogP contribution in [0.5, 0.6) is 11.5 Å². The number of fused-ring (bicyclic) bond motifs is 4. The van der Waals surface area contributed by atoms with E-state index >= 15 is 4.79 Å². The first-order valence-electron chi connectivity index (χ1n) is 21.8. The Hall–Kier alpha value is -4.70. The summed E-state index contributed by atoms with van der Waals surface area (Å²) in [4.78, 5) is 57.0. The molecule has 0 aromatic heterocycles. The number of carboxylic acid groups (broad SMARTS) is 1. The largest absolute Gasteiger partial charge is 0.508 e. The van der Waals surface area contributed by atoms with E-state index in [1.165, 1.54) is 37.1 Å². The van der Waals surface area contributed by atoms with Gasteiger partial charge in [-0.05, 0) is 134 Å². The third-order valence-corrected chi connectivity index (χ3v) is 16.4. The highest BCUT2D eigenvalue weighted by molar-refractivity contribution is 6.24. The fourth-order valence-electron chi connectivity index (χ4n) is 13.0. The quantitative estimate of drug-likeness (QED) is 0.0863. The van der Waals surface area contributed by atoms with Crippen LogP contribution >= 0.6 is 0 Å². The fraction of sp³-hybridized carbons (Fsp3) is 0.560. The van der Waals surface area contributed by atoms with Crippen LogP contribution in [-0.4, -0.2) is 62.2 Å². The summed E-state index contributed by atoms with van der Waals surface area (Å²) in [5.74, 6) is -3.21. The van der Waals surface area contributed by atoms with Gasteiger partial charge in [0.25, 0.3) is 0 Å². The van der Waals surface area contributed by atoms with Gasteiger partial charge >= 0.3 is 11.9 Å². The van der Waals surface area contributed by atoms with E-state index < -0.39 is 52.3 Å². The lowest BCUT2D eigenvalue weighted by Crippen LogP contribution is -2.64. The molecule has 2 saturated carbocycles. The maximum Gasteiger partial charge on any atom is 0.343 e. The minimum atomic E-state index is -2.34. The lowest BCUT2D eigenvalue weighted by atomic mass is 9.41. The van der Waals surface area contributed by atoms with Crippen LogP contribution in [0.2, 0.25) is 0 Å². The SMILES string of the molecule is Cc1cc(O)cc(O)c1C(=O)O[C@@]1(C)C(=O)C2=C(C=C(/C=C/C(=O)O)OC2)[C@]2(C[C@H]3C[C@H]([C@H](C)/C=C/[C@H](C)C(C)C)[C@@]4(C)CC[C@H]5C(=C34)[C@H]2C=C2C[C@@H](O)CC[C@@]25C)C1=O. The number of aromatic hydroxyl groups is 2. The molecule has 320 valence electrons. The molecule has 1 heterocycles. The summed E-state index contributed by atoms with van der Waals surface area (Å²) in [6.45, 7) is 16.4. The Morgan fingerprint density at radius 3 is 2.40 bits per heavy atom. The zero-order valence-electron chi connectivity index (χ0n) is 36.1. The van der Waals surface area contributed by atoms with Crippen LogP contribution in [0.1, 0.15) is 109 Å². The van der Waals surface area contributed by atoms with Crippen molar-refractivity contribution in [3.63, 3.8) is 0 Å². The number of rotatable bonds is 8. The summed E-state index contributed by atoms with van der Waals surface area (Å²) >= 11 is 0. The monoisotopic (exact) mass is 820 g/mol. The van der Waals surface area contributed by atoms with Crippen molar-refractivity contribution >= 4 is 23.5 Å². The van der Waals surface area contributed by atoms with Crippen molar-refractivity contribution < 1.29 is 49.1 Å². The maximum atomic E-state index is 16.2. The Morgan fingerprint density at radius 1 is 1.00 bits per heavy atom. The Kier molecular flexibility index (Phi) is 10.1. The molecule has 7 aliphatic rings. The molecule has 6 aliphatic carbocycles. The molecule has 1 aromatic rings. The first kappa shape index (κ1) is 42.0. The fourth-order valence-corrected chi connectivity index (χ4v) is 13.0. The van der Waals surface area contributed by atoms with E-state index in [-0.39, 0.29) is 69.3 Å². The smallest absolute Gasteiger partial charge is 0.343 e. The molecule has 1 aliphatic heterocycles. The van der Waals surface area contributed by atoms with Crippen LogP contribution in [-0.2, 0) is 23.9 Å². The van der Waals surface area contributed by atoms with Crippen LogP contribution in [0.3, 0.4) is 0 Å². The predicted molar refractivity (Wildman–Crippen MR) is 225 cm³/mol. The van der Waals surface area contributed by atoms with Gasteiger partial charge in [0.15, 0.2) is 5.78 Å². The molecule has 0 saturated heterocycles. The zero-order chi connectivity index (χ0) is 43.4. The number of esters is 1. The Labute approximate surface area is 352 Å². The van der Waals surface area contributed by atoms with Gasteiger partial charge in [-0.15, -0.1) is 0 Å². The number of ether oxygens (including phenoxy) is 2. The van der Waals surface area contributed by atoms with Crippen molar-refractivity contribution in [2.24, 2.45) is 57.7 Å². The van der Waals surface area contributed by atoms with Gasteiger partial charge in [-0.1, -0.05) is 76.5 Å². The minimum absolute atomic E-state index is 0.0383. The van der Waals surface area contributed by atoms with Gasteiger partial charge in [-0.25, -0.2) is 9.59 Å². The third-order valence-electron chi connectivity index (χ3n) is 16.4. The Morgan fingerprint density at radius 2 is 1.72 bits per heavy atom. The normalized spacial score (nSPS) is 36.8. The average Bonchev–Trinajstić information content (AvgIpc) is 3.48. The van der Waals surface area contributed by atoms with E-state index in [9.17, 15) is 34.8 Å². The van der Waals surface area contributed by atoms with E-state index in [0.717, 1.165) is 43.4 Å². The van der Waals surface area contributed by atoms with Gasteiger partial charge < -0.3 is 29.9 Å². The van der Waals surface area contributed by atoms with Gasteiger partial charge in [0.2, 0.25) is 11.4 Å². The van der Waals surface area contributed by atoms with Crippen LogP contribution < -0.4 is 0 Å². The van der Waals surface area contributed by atoms with E-state index in [4.69, 9.17) is 9.47 Å². The van der Waals surface area contributed by atoms with Gasteiger partial charge in [-0.3, -0.25) is 9.59 Å². The molecule has 1 aromatic carbocycles. The highest BCUT2D eigenvalue weighted by atomic mass is 16.6. The van der Waals surface area contributed by atoms with Crippen molar-refractivity contribution in [2.75, 3.05) is 6.61 Å². The van der Waals surface area contributed by atoms with Crippen LogP contribution in [0.25, 0.3) is 0 Å². The number of allylic oxidation sites excluding steroid dienone is 8. The van der Waals surface area contributed by atoms with E-state index in [1.807, 2.05) is 0 Å². The molecular weight excluding hydrogens is 761 g/mol. The molecule has 11 atom stereocenters. The lowest BCUT2D eigenvalue weighted by Gasteiger charge is -2.62. The lowest BCUT2D eigenvalue weighted by molar-refractivity contribution is -0.158. The number of benzene rings is 1. The molecule has 60 heavy (non-hydrogen) atoms. The predicted octanol–water partition coefficient (Wildman–Crippen LogP) is 8.66. The van der Waals surface area contributed by atoms with Gasteiger partial charge in [0.1, 0.15) is 29.4 Å². The molecule has 1 spiro atoms. The molecule has 4 N–H and O–H groups in total. The summed E-state index contributed by atoms with van der Waals surface area (Å²) in [5.41, 5.74) is 0.208. The number of phenols is 2. The van der Waals surface area contributed by atoms with E-state index in [1.54, 1.807) is 6.08 Å². The standard InChI is InChI=1S/C50H60O10/c1-25(2)26(3)9-10-27(4)36-18-29-23-50(38-20-30-19-31(51)13-15-47(30,6)35-14-16-48(36,7)43(29)42(35)38)37-22-33(11-12-40(54)55)59-24-34(37)44(56)49(8,46(50)58)60-45(57)41-28(5)17-32(52)21-39(41)53/h9-12,17,20-22,25-27,29,31,35-36,38,51-53H,13-16,18-19,23-24H2,1-8H3,(H,54,55)/b10-9+,12-11+/t26-,27+,29+,31-,35-,36+,38+,47-,48+,49-,50-/m0/s1. The highest BCUT2D eigenvalue weighted by Crippen LogP contribution is 2.74. The topological polar surface area (TPSA) is 168 Å². The Balaban J connectivity index is 1.37. The van der Waals surface area contributed by atoms with Crippen molar-refractivity contribution in [3.8, 4) is 11.5 Å². The first-order chi connectivity index (χ1) is 28.2. The van der Waals surface area contributed by atoms with Crippen molar-refractivity contribution in [3.05, 3.63) is 93.3 Å². The first-order valence-corrected chi connectivity index (χ1v) is 21.8. The summed E-state index contributed by atoms with van der Waals surface area (Å²) < 4.78 is 12.2. The number of carbonyl (C=O) groups is 4. The molecule has 10 nitrogen and oxygen atoms in total. The number of aliphatic hydroxyl groups excluding tert-OH is 1. The molecule has 0 bridgehead atoms. The van der Waals surface area contributed by atoms with E-state index in [2.05, 4.69) is 59.8 Å². The number of aliphatic carboxylic acids is 1. The number of aliphatic hydroxyl groups is 1. The number of carbonyl (C=O) groups excluding carboxylic acids is 3. The second-order valence-corrected chi connectivity index (χ2v) is 20.1. The van der Waals surface area contributed by atoms with Gasteiger partial charge in [0.05, 0.1) is 11.5 Å². The summed E-state index contributed by atoms with van der Waals surface area (Å²) in [5, 5.41) is 41.7. The van der Waals surface area contributed by atoms with Gasteiger partial charge in [-0.2, -0.15) is 0 Å². The molecule has 8 rings (SSSR count).